The van der Waals surface area contributed by atoms with Crippen LogP contribution in [0.5, 0.6) is 0 Å². The van der Waals surface area contributed by atoms with Gasteiger partial charge in [0, 0.05) is 26.1 Å². The number of hydrogen-bond acceptors (Lipinski definition) is 9. The Bertz CT molecular complexity index is 1010. The van der Waals surface area contributed by atoms with Crippen molar-refractivity contribution in [2.24, 2.45) is 0 Å². The Labute approximate surface area is 256 Å². The molecular formula is C29H52BN3O10. The Hall–Kier alpha value is -2.58. The minimum absolute atomic E-state index is 0.0457. The number of carbonyl (C=O) groups excluding carboxylic acids is 3. The molecule has 2 fully saturated rings. The predicted octanol–water partition coefficient (Wildman–Crippen LogP) is 3.74. The summed E-state index contributed by atoms with van der Waals surface area (Å²) in [7, 11) is 0.967. The molecule has 2 aliphatic heterocycles. The van der Waals surface area contributed by atoms with Gasteiger partial charge in [0.25, 0.3) is 0 Å². The molecule has 43 heavy (non-hydrogen) atoms. The number of amides is 3. The van der Waals surface area contributed by atoms with Crippen LogP contribution in [0.1, 0.15) is 94.9 Å². The molecule has 0 radical (unpaired) electrons. The Morgan fingerprint density at radius 2 is 1.53 bits per heavy atom. The third kappa shape index (κ3) is 9.97. The van der Waals surface area contributed by atoms with E-state index >= 15 is 0 Å². The van der Waals surface area contributed by atoms with Gasteiger partial charge in [-0.25, -0.2) is 14.4 Å². The number of ether oxygens (including phenoxy) is 3. The maximum atomic E-state index is 13.3. The number of unbranched alkanes of at least 4 members (excludes halogenated alkanes) is 1. The number of hydrogen-bond donors (Lipinski definition) is 3. The van der Waals surface area contributed by atoms with E-state index in [0.29, 0.717) is 19.2 Å². The molecule has 0 aromatic carbocycles. The highest BCUT2D eigenvalue weighted by molar-refractivity contribution is 6.45. The van der Waals surface area contributed by atoms with Gasteiger partial charge < -0.3 is 39.3 Å². The van der Waals surface area contributed by atoms with Crippen LogP contribution in [0.25, 0.3) is 0 Å². The number of likely N-dealkylation sites (tertiary alicyclic amines) is 1. The van der Waals surface area contributed by atoms with Gasteiger partial charge in [-0.05, 0) is 82.0 Å². The second-order valence-electron chi connectivity index (χ2n) is 14.4. The normalized spacial score (nSPS) is 23.9. The van der Waals surface area contributed by atoms with Crippen LogP contribution < -0.4 is 10.6 Å². The average Bonchev–Trinajstić information content (AvgIpc) is 3.27. The summed E-state index contributed by atoms with van der Waals surface area (Å²) >= 11 is 0. The van der Waals surface area contributed by atoms with Crippen molar-refractivity contribution in [2.45, 2.75) is 141 Å². The third-order valence-electron chi connectivity index (χ3n) is 7.79. The van der Waals surface area contributed by atoms with Crippen LogP contribution in [0.4, 0.5) is 9.59 Å². The molecule has 0 aromatic heterocycles. The van der Waals surface area contributed by atoms with Crippen molar-refractivity contribution in [2.75, 3.05) is 20.3 Å². The maximum absolute atomic E-state index is 13.3. The third-order valence-corrected chi connectivity index (χ3v) is 7.79. The lowest BCUT2D eigenvalue weighted by Gasteiger charge is -2.35. The fourth-order valence-corrected chi connectivity index (χ4v) is 5.10. The monoisotopic (exact) mass is 613 g/mol. The van der Waals surface area contributed by atoms with Crippen molar-refractivity contribution in [1.82, 2.24) is 15.5 Å². The summed E-state index contributed by atoms with van der Waals surface area (Å²) in [4.78, 5) is 52.9. The molecule has 0 bridgehead atoms. The highest BCUT2D eigenvalue weighted by Crippen LogP contribution is 2.39. The van der Waals surface area contributed by atoms with Crippen LogP contribution in [0.15, 0.2) is 0 Å². The highest BCUT2D eigenvalue weighted by atomic mass is 16.7. The smallest absolute Gasteiger partial charge is 0.457 e. The zero-order valence-corrected chi connectivity index (χ0v) is 27.8. The predicted molar refractivity (Wildman–Crippen MR) is 160 cm³/mol. The van der Waals surface area contributed by atoms with Gasteiger partial charge in [-0.2, -0.15) is 0 Å². The quantitative estimate of drug-likeness (QED) is 0.231. The lowest BCUT2D eigenvalue weighted by Crippen LogP contribution is -2.54. The highest BCUT2D eigenvalue weighted by Gasteiger charge is 2.55. The number of carboxylic acid groups (broad SMARTS) is 1. The summed E-state index contributed by atoms with van der Waals surface area (Å²) < 4.78 is 28.1. The van der Waals surface area contributed by atoms with Crippen LogP contribution in [0, 0.1) is 0 Å². The molecule has 3 atom stereocenters. The molecule has 2 aliphatic rings. The van der Waals surface area contributed by atoms with E-state index in [1.54, 1.807) is 41.5 Å². The standard InChI is InChI=1S/C29H52BN3O10/c1-25(2,3)40-23(37)32-20(18-39-11)21(34)31-19-16-29(22(35)36,33(17-19)24(38)41-26(4,5)6)14-12-13-15-30-42-27(7,8)28(9,10)43-30/h19-20H,12-18H2,1-11H3,(H,31,34)(H,32,37)(H,35,36)/t19?,20-,29?/m0/s1. The van der Waals surface area contributed by atoms with Crippen molar-refractivity contribution in [1.29, 1.82) is 0 Å². The molecule has 2 heterocycles. The van der Waals surface area contributed by atoms with Gasteiger partial charge in [0.1, 0.15) is 22.8 Å². The largest absolute Gasteiger partial charge is 0.479 e. The average molecular weight is 614 g/mol. The van der Waals surface area contributed by atoms with Gasteiger partial charge in [-0.3, -0.25) is 9.69 Å². The van der Waals surface area contributed by atoms with E-state index in [-0.39, 0.29) is 26.0 Å². The molecule has 13 nitrogen and oxygen atoms in total. The first kappa shape index (κ1) is 36.6. The van der Waals surface area contributed by atoms with E-state index in [1.807, 2.05) is 27.7 Å². The van der Waals surface area contributed by atoms with Crippen LogP contribution in [-0.4, -0.2) is 101 Å². The molecule has 2 unspecified atom stereocenters. The number of methoxy groups -OCH3 is 1. The molecular weight excluding hydrogens is 561 g/mol. The second-order valence-corrected chi connectivity index (χ2v) is 14.4. The maximum Gasteiger partial charge on any atom is 0.457 e. The van der Waals surface area contributed by atoms with Gasteiger partial charge >= 0.3 is 25.3 Å². The fraction of sp³-hybridized carbons (Fsp3) is 0.862. The van der Waals surface area contributed by atoms with Gasteiger partial charge in [-0.1, -0.05) is 12.8 Å². The number of rotatable bonds is 11. The molecule has 3 amide bonds. The second kappa shape index (κ2) is 13.6. The lowest BCUT2D eigenvalue weighted by molar-refractivity contribution is -0.150. The minimum Gasteiger partial charge on any atom is -0.479 e. The van der Waals surface area contributed by atoms with E-state index in [1.165, 1.54) is 12.0 Å². The van der Waals surface area contributed by atoms with E-state index in [4.69, 9.17) is 23.5 Å². The number of nitrogens with one attached hydrogen (secondary N) is 2. The van der Waals surface area contributed by atoms with Crippen LogP contribution in [0.3, 0.4) is 0 Å². The van der Waals surface area contributed by atoms with E-state index in [2.05, 4.69) is 10.6 Å². The summed E-state index contributed by atoms with van der Waals surface area (Å²) in [5, 5.41) is 15.8. The number of carboxylic acids is 1. The molecule has 246 valence electrons. The van der Waals surface area contributed by atoms with Crippen molar-refractivity contribution < 1.29 is 47.8 Å². The molecule has 0 aliphatic carbocycles. The number of nitrogens with zero attached hydrogens (tertiary/aromatic N) is 1. The fourth-order valence-electron chi connectivity index (χ4n) is 5.10. The molecule has 14 heteroatoms. The molecule has 0 aromatic rings. The first-order chi connectivity index (χ1) is 19.5. The molecule has 0 spiro atoms. The Morgan fingerprint density at radius 3 is 2.02 bits per heavy atom. The summed E-state index contributed by atoms with van der Waals surface area (Å²) in [6.45, 7) is 17.8. The van der Waals surface area contributed by atoms with Crippen molar-refractivity contribution in [3.63, 3.8) is 0 Å². The van der Waals surface area contributed by atoms with Gasteiger partial charge in [0.05, 0.1) is 17.8 Å². The topological polar surface area (TPSA) is 162 Å². The van der Waals surface area contributed by atoms with E-state index in [9.17, 15) is 24.3 Å². The SMILES string of the molecule is COC[C@H](NC(=O)OC(C)(C)C)C(=O)NC1CN(C(=O)OC(C)(C)C)C(CCCCB2OC(C)(C)C(C)(C)O2)(C(=O)O)C1. The molecule has 3 N–H and O–H groups in total. The Morgan fingerprint density at radius 1 is 0.977 bits per heavy atom. The molecule has 2 rings (SSSR count). The van der Waals surface area contributed by atoms with Crippen LogP contribution >= 0.6 is 0 Å². The van der Waals surface area contributed by atoms with Crippen molar-refractivity contribution in [3.8, 4) is 0 Å². The first-order valence-corrected chi connectivity index (χ1v) is 14.9. The number of aliphatic carboxylic acids is 1. The zero-order valence-electron chi connectivity index (χ0n) is 27.8. The minimum atomic E-state index is -1.62. The summed E-state index contributed by atoms with van der Waals surface area (Å²) in [5.74, 6) is -1.78. The lowest BCUT2D eigenvalue weighted by atomic mass is 9.80. The number of alkyl carbamates (subject to hydrolysis) is 1. The van der Waals surface area contributed by atoms with E-state index in [0.717, 1.165) is 0 Å². The molecule has 2 saturated heterocycles. The summed E-state index contributed by atoms with van der Waals surface area (Å²) in [6, 6.07) is -1.83. The Balaban J connectivity index is 2.19. The van der Waals surface area contributed by atoms with Gasteiger partial charge in [0.15, 0.2) is 0 Å². The van der Waals surface area contributed by atoms with Crippen LogP contribution in [0.2, 0.25) is 6.32 Å². The molecule has 0 saturated carbocycles. The number of carbonyl (C=O) groups is 4. The van der Waals surface area contributed by atoms with Gasteiger partial charge in [-0.15, -0.1) is 0 Å². The summed E-state index contributed by atoms with van der Waals surface area (Å²) in [5.41, 5.74) is -4.19. The van der Waals surface area contributed by atoms with Crippen molar-refractivity contribution in [3.05, 3.63) is 0 Å². The first-order valence-electron chi connectivity index (χ1n) is 14.9. The van der Waals surface area contributed by atoms with Crippen molar-refractivity contribution >= 4 is 31.2 Å². The zero-order chi connectivity index (χ0) is 33.0. The van der Waals surface area contributed by atoms with Crippen LogP contribution in [-0.2, 0) is 33.1 Å². The van der Waals surface area contributed by atoms with E-state index < -0.39 is 71.2 Å². The Kier molecular flexibility index (Phi) is 11.6. The van der Waals surface area contributed by atoms with Gasteiger partial charge in [0.2, 0.25) is 5.91 Å². The summed E-state index contributed by atoms with van der Waals surface area (Å²) in [6.07, 6.45) is 0.126.